The number of hydrogen-bond acceptors (Lipinski definition) is 1. The Morgan fingerprint density at radius 3 is 2.20 bits per heavy atom. The zero-order chi connectivity index (χ0) is 11.7. The highest BCUT2D eigenvalue weighted by Crippen LogP contribution is 2.21. The number of allylic oxidation sites excluding steroid dienone is 1. The summed E-state index contributed by atoms with van der Waals surface area (Å²) in [6.07, 6.45) is 6.02. The lowest BCUT2D eigenvalue weighted by molar-refractivity contribution is 0.277. The average Bonchev–Trinajstić information content (AvgIpc) is 2.26. The standard InChI is InChI=1S/C14H29N/c1-6-14(7-2)13(5)11-10-12-15(8-3)9-4/h6,13-14H,1,7-12H2,2-5H3. The summed E-state index contributed by atoms with van der Waals surface area (Å²) in [5, 5.41) is 0. The molecule has 0 amide bonds. The largest absolute Gasteiger partial charge is 0.304 e. The lowest BCUT2D eigenvalue weighted by Gasteiger charge is -2.22. The molecule has 0 aliphatic heterocycles. The van der Waals surface area contributed by atoms with Gasteiger partial charge in [-0.05, 0) is 50.7 Å². The first-order valence-corrected chi connectivity index (χ1v) is 6.54. The maximum Gasteiger partial charge on any atom is -0.00189 e. The number of rotatable bonds is 9. The minimum Gasteiger partial charge on any atom is -0.304 e. The van der Waals surface area contributed by atoms with Gasteiger partial charge in [0, 0.05) is 0 Å². The van der Waals surface area contributed by atoms with Gasteiger partial charge < -0.3 is 4.90 Å². The highest BCUT2D eigenvalue weighted by molar-refractivity contribution is 4.81. The second kappa shape index (κ2) is 8.96. The minimum atomic E-state index is 0.710. The van der Waals surface area contributed by atoms with Crippen molar-refractivity contribution < 1.29 is 0 Å². The Labute approximate surface area is 96.6 Å². The third-order valence-electron chi connectivity index (χ3n) is 3.53. The van der Waals surface area contributed by atoms with Crippen LogP contribution >= 0.6 is 0 Å². The molecule has 0 aromatic carbocycles. The van der Waals surface area contributed by atoms with Crippen LogP contribution in [0.1, 0.15) is 47.0 Å². The summed E-state index contributed by atoms with van der Waals surface area (Å²) < 4.78 is 0. The molecular formula is C14H29N. The van der Waals surface area contributed by atoms with Crippen molar-refractivity contribution in [3.05, 3.63) is 12.7 Å². The molecule has 0 aliphatic rings. The molecular weight excluding hydrogens is 182 g/mol. The molecule has 1 nitrogen and oxygen atoms in total. The molecule has 0 bridgehead atoms. The van der Waals surface area contributed by atoms with E-state index in [9.17, 15) is 0 Å². The Balaban J connectivity index is 3.69. The third kappa shape index (κ3) is 5.99. The van der Waals surface area contributed by atoms with Gasteiger partial charge in [-0.25, -0.2) is 0 Å². The van der Waals surface area contributed by atoms with Crippen LogP contribution in [0.4, 0.5) is 0 Å². The molecule has 0 spiro atoms. The predicted octanol–water partition coefficient (Wildman–Crippen LogP) is 3.96. The van der Waals surface area contributed by atoms with E-state index in [2.05, 4.69) is 45.2 Å². The van der Waals surface area contributed by atoms with Crippen LogP contribution in [0.3, 0.4) is 0 Å². The van der Waals surface area contributed by atoms with Gasteiger partial charge in [0.05, 0.1) is 0 Å². The molecule has 0 aromatic rings. The van der Waals surface area contributed by atoms with Crippen LogP contribution in [0.15, 0.2) is 12.7 Å². The van der Waals surface area contributed by atoms with Crippen LogP contribution in [0, 0.1) is 11.8 Å². The molecule has 0 aromatic heterocycles. The molecule has 0 fully saturated rings. The second-order valence-corrected chi connectivity index (χ2v) is 4.45. The molecule has 1 heteroatoms. The Kier molecular flexibility index (Phi) is 8.79. The van der Waals surface area contributed by atoms with Crippen molar-refractivity contribution in [1.29, 1.82) is 0 Å². The van der Waals surface area contributed by atoms with E-state index in [0.717, 1.165) is 5.92 Å². The molecule has 0 saturated carbocycles. The number of nitrogens with zero attached hydrogens (tertiary/aromatic N) is 1. The fourth-order valence-corrected chi connectivity index (χ4v) is 2.19. The van der Waals surface area contributed by atoms with Gasteiger partial charge in [-0.2, -0.15) is 0 Å². The molecule has 0 saturated heterocycles. The van der Waals surface area contributed by atoms with Crippen LogP contribution in [0.2, 0.25) is 0 Å². The molecule has 2 atom stereocenters. The smallest absolute Gasteiger partial charge is 0.00189 e. The van der Waals surface area contributed by atoms with Gasteiger partial charge in [0.1, 0.15) is 0 Å². The van der Waals surface area contributed by atoms with Crippen LogP contribution in [-0.4, -0.2) is 24.5 Å². The van der Waals surface area contributed by atoms with E-state index in [1.54, 1.807) is 0 Å². The van der Waals surface area contributed by atoms with Crippen molar-refractivity contribution >= 4 is 0 Å². The Morgan fingerprint density at radius 2 is 1.80 bits per heavy atom. The molecule has 0 N–H and O–H groups in total. The van der Waals surface area contributed by atoms with Crippen LogP contribution < -0.4 is 0 Å². The first-order valence-electron chi connectivity index (χ1n) is 6.54. The highest BCUT2D eigenvalue weighted by Gasteiger charge is 2.11. The van der Waals surface area contributed by atoms with E-state index >= 15 is 0 Å². The molecule has 2 unspecified atom stereocenters. The van der Waals surface area contributed by atoms with Gasteiger partial charge in [0.25, 0.3) is 0 Å². The summed E-state index contributed by atoms with van der Waals surface area (Å²) in [5.74, 6) is 1.50. The SMILES string of the molecule is C=CC(CC)C(C)CCCN(CC)CC. The van der Waals surface area contributed by atoms with Crippen LogP contribution in [0.25, 0.3) is 0 Å². The summed E-state index contributed by atoms with van der Waals surface area (Å²) in [6, 6.07) is 0. The van der Waals surface area contributed by atoms with E-state index in [0.29, 0.717) is 5.92 Å². The lowest BCUT2D eigenvalue weighted by Crippen LogP contribution is -2.24. The molecule has 0 radical (unpaired) electrons. The van der Waals surface area contributed by atoms with E-state index < -0.39 is 0 Å². The van der Waals surface area contributed by atoms with E-state index in [1.807, 2.05) is 0 Å². The van der Waals surface area contributed by atoms with Gasteiger partial charge in [0.2, 0.25) is 0 Å². The molecule has 15 heavy (non-hydrogen) atoms. The Hall–Kier alpha value is -0.300. The van der Waals surface area contributed by atoms with Crippen molar-refractivity contribution in [2.75, 3.05) is 19.6 Å². The summed E-state index contributed by atoms with van der Waals surface area (Å²) in [5.41, 5.74) is 0. The average molecular weight is 211 g/mol. The molecule has 0 aliphatic carbocycles. The maximum absolute atomic E-state index is 3.92. The lowest BCUT2D eigenvalue weighted by atomic mass is 9.88. The highest BCUT2D eigenvalue weighted by atomic mass is 15.1. The monoisotopic (exact) mass is 211 g/mol. The van der Waals surface area contributed by atoms with Crippen molar-refractivity contribution in [3.8, 4) is 0 Å². The Bertz CT molecular complexity index is 149. The predicted molar refractivity (Wildman–Crippen MR) is 70.2 cm³/mol. The first kappa shape index (κ1) is 14.7. The fraction of sp³-hybridized carbons (Fsp3) is 0.857. The van der Waals surface area contributed by atoms with Crippen LogP contribution in [-0.2, 0) is 0 Å². The Morgan fingerprint density at radius 1 is 1.20 bits per heavy atom. The quantitative estimate of drug-likeness (QED) is 0.522. The summed E-state index contributed by atoms with van der Waals surface area (Å²) in [4.78, 5) is 2.50. The normalized spacial score (nSPS) is 15.3. The molecule has 90 valence electrons. The number of hydrogen-bond donors (Lipinski definition) is 0. The second-order valence-electron chi connectivity index (χ2n) is 4.45. The summed E-state index contributed by atoms with van der Waals surface area (Å²) in [7, 11) is 0. The van der Waals surface area contributed by atoms with Crippen molar-refractivity contribution in [2.45, 2.75) is 47.0 Å². The molecule has 0 heterocycles. The summed E-state index contributed by atoms with van der Waals surface area (Å²) >= 11 is 0. The zero-order valence-electron chi connectivity index (χ0n) is 11.1. The van der Waals surface area contributed by atoms with Crippen molar-refractivity contribution in [3.63, 3.8) is 0 Å². The minimum absolute atomic E-state index is 0.710. The third-order valence-corrected chi connectivity index (χ3v) is 3.53. The van der Waals surface area contributed by atoms with Gasteiger partial charge >= 0.3 is 0 Å². The molecule has 0 rings (SSSR count). The van der Waals surface area contributed by atoms with Gasteiger partial charge in [0.15, 0.2) is 0 Å². The maximum atomic E-state index is 3.92. The van der Waals surface area contributed by atoms with Crippen molar-refractivity contribution in [1.82, 2.24) is 4.90 Å². The zero-order valence-corrected chi connectivity index (χ0v) is 11.1. The van der Waals surface area contributed by atoms with E-state index in [1.165, 1.54) is 38.9 Å². The van der Waals surface area contributed by atoms with E-state index in [-0.39, 0.29) is 0 Å². The fourth-order valence-electron chi connectivity index (χ4n) is 2.19. The summed E-state index contributed by atoms with van der Waals surface area (Å²) in [6.45, 7) is 16.6. The topological polar surface area (TPSA) is 3.24 Å². The van der Waals surface area contributed by atoms with Crippen molar-refractivity contribution in [2.24, 2.45) is 11.8 Å². The van der Waals surface area contributed by atoms with Gasteiger partial charge in [-0.1, -0.05) is 33.8 Å². The first-order chi connectivity index (χ1) is 7.19. The van der Waals surface area contributed by atoms with Gasteiger partial charge in [-0.15, -0.1) is 6.58 Å². The van der Waals surface area contributed by atoms with Gasteiger partial charge in [-0.3, -0.25) is 0 Å². The van der Waals surface area contributed by atoms with E-state index in [4.69, 9.17) is 0 Å². The van der Waals surface area contributed by atoms with Crippen LogP contribution in [0.5, 0.6) is 0 Å².